The fourth-order valence-corrected chi connectivity index (χ4v) is 6.58. The van der Waals surface area contributed by atoms with E-state index >= 15 is 0 Å². The quantitative estimate of drug-likeness (QED) is 0.175. The summed E-state index contributed by atoms with van der Waals surface area (Å²) in [6, 6.07) is 50.6. The SMILES string of the molecule is Cc1ccc([C](=[Zr+2])c2cccc(C(F)(F)F)c2)cc1.[Cl-].[Cl-].[c-]1cccc2c1c1c(c3ccccc32)-c2ccccc2C1.c1cc[cH-]c1. The van der Waals surface area contributed by atoms with E-state index in [0.29, 0.717) is 5.56 Å². The second-order valence-corrected chi connectivity index (χ2v) is 12.2. The van der Waals surface area contributed by atoms with E-state index in [1.165, 1.54) is 55.9 Å². The topological polar surface area (TPSA) is 0 Å². The Morgan fingerprint density at radius 1 is 0.702 bits per heavy atom. The number of rotatable bonds is 2. The van der Waals surface area contributed by atoms with Gasteiger partial charge in [-0.05, 0) is 28.5 Å². The number of aryl methyl sites for hydroxylation is 1. The molecular formula is C41H29Cl2F3Zr-2. The molecule has 1 aliphatic carbocycles. The minimum Gasteiger partial charge on any atom is -1.00 e. The van der Waals surface area contributed by atoms with Crippen molar-refractivity contribution in [3.63, 3.8) is 0 Å². The first-order valence-electron chi connectivity index (χ1n) is 14.7. The van der Waals surface area contributed by atoms with Gasteiger partial charge in [0, 0.05) is 0 Å². The minimum atomic E-state index is -4.29. The maximum atomic E-state index is 12.7. The summed E-state index contributed by atoms with van der Waals surface area (Å²) >= 11 is 1.10. The number of halogens is 5. The van der Waals surface area contributed by atoms with Crippen LogP contribution in [0.5, 0.6) is 0 Å². The maximum absolute atomic E-state index is 12.7. The zero-order valence-electron chi connectivity index (χ0n) is 25.5. The molecule has 0 saturated carbocycles. The summed E-state index contributed by atoms with van der Waals surface area (Å²) in [6.45, 7) is 1.98. The molecule has 0 nitrogen and oxygen atoms in total. The first kappa shape index (κ1) is 36.2. The van der Waals surface area contributed by atoms with Gasteiger partial charge in [0.1, 0.15) is 0 Å². The largest absolute Gasteiger partial charge is 1.00 e. The standard InChI is InChI=1S/C21H13.C15H11F3.C5H5.2ClH.Zr/c1-2-8-15-14(7-1)13-20-18-11-4-3-9-16(18)17-10-5-6-12-19(17)21(15)20;1-11-5-7-12(8-6-11)9-13-3-2-4-14(10-13)15(16,17)18;1-2-4-5-3-1;;;/h1-10,12H,13H2;2-8,10H,1H3;1-5H;2*1H;/q-1;;-1;;;+2/p-2. The van der Waals surface area contributed by atoms with Gasteiger partial charge in [-0.1, -0.05) is 53.9 Å². The Bertz CT molecular complexity index is 2080. The molecule has 0 aromatic heterocycles. The fourth-order valence-electron chi connectivity index (χ4n) is 5.79. The molecule has 7 aromatic rings. The number of hydrogen-bond donors (Lipinski definition) is 0. The maximum Gasteiger partial charge on any atom is -0.0240 e. The molecule has 0 bridgehead atoms. The molecule has 47 heavy (non-hydrogen) atoms. The Morgan fingerprint density at radius 2 is 1.36 bits per heavy atom. The van der Waals surface area contributed by atoms with Crippen LogP contribution >= 0.6 is 0 Å². The molecule has 0 heterocycles. The Balaban J connectivity index is 0.000000179. The molecule has 8 rings (SSSR count). The van der Waals surface area contributed by atoms with E-state index in [1.807, 2.05) is 67.6 Å². The molecule has 0 fully saturated rings. The predicted molar refractivity (Wildman–Crippen MR) is 176 cm³/mol. The third-order valence-corrected chi connectivity index (χ3v) is 9.39. The van der Waals surface area contributed by atoms with Crippen LogP contribution in [0, 0.1) is 13.0 Å². The van der Waals surface area contributed by atoms with Crippen LogP contribution in [0.1, 0.15) is 33.4 Å². The van der Waals surface area contributed by atoms with Crippen molar-refractivity contribution >= 4 is 24.8 Å². The number of alkyl halides is 3. The molecule has 0 spiro atoms. The van der Waals surface area contributed by atoms with E-state index < -0.39 is 11.7 Å². The summed E-state index contributed by atoms with van der Waals surface area (Å²) in [4.78, 5) is 0. The Kier molecular flexibility index (Phi) is 12.3. The summed E-state index contributed by atoms with van der Waals surface area (Å²) < 4.78 is 39.0. The first-order valence-corrected chi connectivity index (χ1v) is 16.0. The molecule has 0 aliphatic heterocycles. The van der Waals surface area contributed by atoms with Crippen molar-refractivity contribution < 1.29 is 62.2 Å². The smallest absolute Gasteiger partial charge is 0.0240 e. The van der Waals surface area contributed by atoms with E-state index in [1.54, 1.807) is 6.07 Å². The van der Waals surface area contributed by atoms with E-state index in [4.69, 9.17) is 0 Å². The normalized spacial score (nSPS) is 11.1. The molecular weight excluding hydrogens is 712 g/mol. The van der Waals surface area contributed by atoms with Crippen LogP contribution < -0.4 is 24.8 Å². The van der Waals surface area contributed by atoms with Crippen molar-refractivity contribution in [3.8, 4) is 11.1 Å². The van der Waals surface area contributed by atoms with Crippen molar-refractivity contribution in [2.45, 2.75) is 19.5 Å². The van der Waals surface area contributed by atoms with Crippen molar-refractivity contribution in [1.29, 1.82) is 0 Å². The van der Waals surface area contributed by atoms with E-state index in [9.17, 15) is 13.2 Å². The van der Waals surface area contributed by atoms with Gasteiger partial charge >= 0.3 is 124 Å². The van der Waals surface area contributed by atoms with Crippen LogP contribution in [0.25, 0.3) is 32.7 Å². The summed E-state index contributed by atoms with van der Waals surface area (Å²) in [7, 11) is 0. The number of benzene rings is 6. The van der Waals surface area contributed by atoms with Crippen LogP contribution in [0.3, 0.4) is 0 Å². The molecule has 1 aliphatic rings. The van der Waals surface area contributed by atoms with Crippen molar-refractivity contribution in [1.82, 2.24) is 0 Å². The second kappa shape index (κ2) is 15.9. The Morgan fingerprint density at radius 3 is 2.04 bits per heavy atom. The van der Waals surface area contributed by atoms with Gasteiger partial charge in [-0.15, -0.1) is 40.6 Å². The Labute approximate surface area is 300 Å². The predicted octanol–water partition coefficient (Wildman–Crippen LogP) is 4.91. The van der Waals surface area contributed by atoms with Gasteiger partial charge in [-0.25, -0.2) is 12.1 Å². The van der Waals surface area contributed by atoms with Gasteiger partial charge in [0.15, 0.2) is 0 Å². The van der Waals surface area contributed by atoms with Crippen LogP contribution in [-0.2, 0) is 36.8 Å². The van der Waals surface area contributed by atoms with Gasteiger partial charge in [0.2, 0.25) is 0 Å². The van der Waals surface area contributed by atoms with E-state index in [-0.39, 0.29) is 24.8 Å². The third kappa shape index (κ3) is 8.07. The average Bonchev–Trinajstić information content (AvgIpc) is 3.78. The molecule has 0 atom stereocenters. The Hall–Kier alpha value is -3.69. The van der Waals surface area contributed by atoms with Crippen LogP contribution in [0.2, 0.25) is 0 Å². The fraction of sp³-hybridized carbons (Fsp3) is 0.0732. The molecule has 0 amide bonds. The monoisotopic (exact) mass is 738 g/mol. The van der Waals surface area contributed by atoms with Crippen LogP contribution in [0.15, 0.2) is 146 Å². The molecule has 234 valence electrons. The van der Waals surface area contributed by atoms with Gasteiger partial charge in [-0.2, -0.15) is 18.2 Å². The molecule has 6 heteroatoms. The molecule has 0 radical (unpaired) electrons. The van der Waals surface area contributed by atoms with Crippen LogP contribution in [-0.4, -0.2) is 3.21 Å². The van der Waals surface area contributed by atoms with Crippen molar-refractivity contribution in [2.75, 3.05) is 0 Å². The second-order valence-electron chi connectivity index (χ2n) is 11.0. The zero-order chi connectivity index (χ0) is 31.4. The minimum absolute atomic E-state index is 0. The van der Waals surface area contributed by atoms with Gasteiger partial charge in [0.05, 0.1) is 0 Å². The van der Waals surface area contributed by atoms with Crippen LogP contribution in [0.4, 0.5) is 13.2 Å². The summed E-state index contributed by atoms with van der Waals surface area (Å²) in [5, 5.41) is 5.30. The number of fused-ring (bicyclic) bond motifs is 8. The summed E-state index contributed by atoms with van der Waals surface area (Å²) in [5.41, 5.74) is 7.82. The molecule has 0 saturated heterocycles. The van der Waals surface area contributed by atoms with E-state index in [2.05, 4.69) is 66.7 Å². The number of hydrogen-bond acceptors (Lipinski definition) is 0. The molecule has 0 unspecified atom stereocenters. The third-order valence-electron chi connectivity index (χ3n) is 7.97. The average molecular weight is 741 g/mol. The first-order chi connectivity index (χ1) is 21.8. The molecule has 7 aromatic carbocycles. The van der Waals surface area contributed by atoms with Gasteiger partial charge < -0.3 is 24.8 Å². The van der Waals surface area contributed by atoms with Crippen molar-refractivity contribution in [2.24, 2.45) is 0 Å². The van der Waals surface area contributed by atoms with Crippen molar-refractivity contribution in [3.05, 3.63) is 185 Å². The van der Waals surface area contributed by atoms with Gasteiger partial charge in [0.25, 0.3) is 0 Å². The van der Waals surface area contributed by atoms with Gasteiger partial charge in [-0.3, -0.25) is 0 Å². The zero-order valence-corrected chi connectivity index (χ0v) is 29.4. The molecule has 0 N–H and O–H groups in total. The van der Waals surface area contributed by atoms with E-state index in [0.717, 1.165) is 51.1 Å². The summed E-state index contributed by atoms with van der Waals surface area (Å²) in [5.74, 6) is 0. The summed E-state index contributed by atoms with van der Waals surface area (Å²) in [6.07, 6.45) is -3.27.